The van der Waals surface area contributed by atoms with Crippen LogP contribution in [0, 0.1) is 13.8 Å². The van der Waals surface area contributed by atoms with E-state index in [9.17, 15) is 18.3 Å². The maximum Gasteiger partial charge on any atom is 0.407 e. The number of halogens is 3. The van der Waals surface area contributed by atoms with E-state index in [1.165, 1.54) is 13.0 Å². The van der Waals surface area contributed by atoms with Crippen LogP contribution in [-0.4, -0.2) is 11.3 Å². The van der Waals surface area contributed by atoms with Gasteiger partial charge in [-0.15, -0.1) is 0 Å². The fourth-order valence-electron chi connectivity index (χ4n) is 1.41. The van der Waals surface area contributed by atoms with E-state index in [0.29, 0.717) is 11.1 Å². The van der Waals surface area contributed by atoms with Gasteiger partial charge in [0.05, 0.1) is 0 Å². The van der Waals surface area contributed by atoms with Gasteiger partial charge >= 0.3 is 6.18 Å². The van der Waals surface area contributed by atoms with Crippen molar-refractivity contribution in [2.45, 2.75) is 26.1 Å². The summed E-state index contributed by atoms with van der Waals surface area (Å²) in [6.45, 7) is 3.19. The molecule has 1 aromatic rings. The second-order valence-electron chi connectivity index (χ2n) is 3.54. The first-order valence-electron chi connectivity index (χ1n) is 4.36. The molecule has 0 amide bonds. The van der Waals surface area contributed by atoms with Gasteiger partial charge in [0.25, 0.3) is 0 Å². The third-order valence-electron chi connectivity index (χ3n) is 2.16. The SMILES string of the molecule is Cc1cc(C)c(O)c([C@H](N)C(F)(F)F)c1. The summed E-state index contributed by atoms with van der Waals surface area (Å²) in [7, 11) is 0. The smallest absolute Gasteiger partial charge is 0.407 e. The van der Waals surface area contributed by atoms with Crippen molar-refractivity contribution < 1.29 is 18.3 Å². The largest absolute Gasteiger partial charge is 0.507 e. The van der Waals surface area contributed by atoms with Gasteiger partial charge in [-0.3, -0.25) is 0 Å². The van der Waals surface area contributed by atoms with Crippen molar-refractivity contribution in [1.29, 1.82) is 0 Å². The van der Waals surface area contributed by atoms with Crippen LogP contribution >= 0.6 is 0 Å². The van der Waals surface area contributed by atoms with Gasteiger partial charge in [-0.25, -0.2) is 0 Å². The van der Waals surface area contributed by atoms with Gasteiger partial charge in [0, 0.05) is 5.56 Å². The van der Waals surface area contributed by atoms with E-state index in [-0.39, 0.29) is 11.3 Å². The number of hydrogen-bond acceptors (Lipinski definition) is 2. The maximum atomic E-state index is 12.3. The quantitative estimate of drug-likeness (QED) is 0.762. The Balaban J connectivity index is 3.25. The second kappa shape index (κ2) is 3.73. The molecule has 2 nitrogen and oxygen atoms in total. The predicted octanol–water partition coefficient (Wildman–Crippen LogP) is 2.57. The molecular weight excluding hydrogens is 207 g/mol. The zero-order chi connectivity index (χ0) is 11.8. The van der Waals surface area contributed by atoms with Gasteiger partial charge in [-0.1, -0.05) is 17.7 Å². The van der Waals surface area contributed by atoms with Crippen LogP contribution in [0.15, 0.2) is 12.1 Å². The molecule has 1 aromatic carbocycles. The maximum absolute atomic E-state index is 12.3. The van der Waals surface area contributed by atoms with Crippen LogP contribution in [0.3, 0.4) is 0 Å². The van der Waals surface area contributed by atoms with Gasteiger partial charge in [-0.05, 0) is 19.4 Å². The molecule has 1 rings (SSSR count). The molecule has 15 heavy (non-hydrogen) atoms. The summed E-state index contributed by atoms with van der Waals surface area (Å²) in [5, 5.41) is 9.48. The van der Waals surface area contributed by atoms with Crippen LogP contribution in [0.25, 0.3) is 0 Å². The second-order valence-corrected chi connectivity index (χ2v) is 3.54. The fraction of sp³-hybridized carbons (Fsp3) is 0.400. The Kier molecular flexibility index (Phi) is 2.95. The number of nitrogens with two attached hydrogens (primary N) is 1. The molecule has 0 unspecified atom stereocenters. The van der Waals surface area contributed by atoms with E-state index in [0.717, 1.165) is 0 Å². The van der Waals surface area contributed by atoms with Crippen molar-refractivity contribution in [3.63, 3.8) is 0 Å². The minimum absolute atomic E-state index is 0.278. The number of aromatic hydroxyl groups is 1. The van der Waals surface area contributed by atoms with Crippen LogP contribution in [0.2, 0.25) is 0 Å². The molecule has 0 aliphatic heterocycles. The first-order chi connectivity index (χ1) is 6.73. The predicted molar refractivity (Wildman–Crippen MR) is 50.6 cm³/mol. The average molecular weight is 219 g/mol. The van der Waals surface area contributed by atoms with Crippen LogP contribution < -0.4 is 5.73 Å². The Labute approximate surface area is 85.5 Å². The third kappa shape index (κ3) is 2.41. The van der Waals surface area contributed by atoms with E-state index in [1.807, 2.05) is 0 Å². The van der Waals surface area contributed by atoms with Gasteiger partial charge in [0.2, 0.25) is 0 Å². The summed E-state index contributed by atoms with van der Waals surface area (Å²) in [5.74, 6) is -0.384. The monoisotopic (exact) mass is 219 g/mol. The summed E-state index contributed by atoms with van der Waals surface area (Å²) >= 11 is 0. The first kappa shape index (κ1) is 11.8. The molecule has 0 aromatic heterocycles. The lowest BCUT2D eigenvalue weighted by atomic mass is 10.00. The lowest BCUT2D eigenvalue weighted by molar-refractivity contribution is -0.149. The molecule has 0 spiro atoms. The highest BCUT2D eigenvalue weighted by molar-refractivity contribution is 5.44. The lowest BCUT2D eigenvalue weighted by Gasteiger charge is -2.18. The average Bonchev–Trinajstić information content (AvgIpc) is 2.08. The van der Waals surface area contributed by atoms with Crippen LogP contribution in [0.1, 0.15) is 22.7 Å². The Morgan fingerprint density at radius 2 is 1.80 bits per heavy atom. The topological polar surface area (TPSA) is 46.2 Å². The van der Waals surface area contributed by atoms with Gasteiger partial charge in [0.1, 0.15) is 11.8 Å². The summed E-state index contributed by atoms with van der Waals surface area (Å²) in [5.41, 5.74) is 5.78. The van der Waals surface area contributed by atoms with E-state index in [4.69, 9.17) is 5.73 Å². The molecule has 0 aliphatic carbocycles. The lowest BCUT2D eigenvalue weighted by Crippen LogP contribution is -2.28. The molecule has 5 heteroatoms. The third-order valence-corrected chi connectivity index (χ3v) is 2.16. The molecule has 0 fully saturated rings. The van der Waals surface area contributed by atoms with Crippen molar-refractivity contribution in [3.8, 4) is 5.75 Å². The Morgan fingerprint density at radius 1 is 1.27 bits per heavy atom. The number of rotatable bonds is 1. The van der Waals surface area contributed by atoms with Crippen LogP contribution in [0.4, 0.5) is 13.2 Å². The van der Waals surface area contributed by atoms with Crippen LogP contribution in [0.5, 0.6) is 5.75 Å². The summed E-state index contributed by atoms with van der Waals surface area (Å²) in [6.07, 6.45) is -4.54. The van der Waals surface area contributed by atoms with Crippen molar-refractivity contribution in [1.82, 2.24) is 0 Å². The summed E-state index contributed by atoms with van der Waals surface area (Å²) in [4.78, 5) is 0. The molecule has 3 N–H and O–H groups in total. The molecule has 84 valence electrons. The Hall–Kier alpha value is -1.23. The van der Waals surface area contributed by atoms with E-state index >= 15 is 0 Å². The highest BCUT2D eigenvalue weighted by Gasteiger charge is 2.39. The number of phenolic OH excluding ortho intramolecular Hbond substituents is 1. The zero-order valence-corrected chi connectivity index (χ0v) is 8.39. The Bertz CT molecular complexity index is 374. The van der Waals surface area contributed by atoms with Crippen LogP contribution in [-0.2, 0) is 0 Å². The highest BCUT2D eigenvalue weighted by Crippen LogP contribution is 2.36. The normalized spacial score (nSPS) is 14.0. The van der Waals surface area contributed by atoms with E-state index in [2.05, 4.69) is 0 Å². The van der Waals surface area contributed by atoms with Gasteiger partial charge in [-0.2, -0.15) is 13.2 Å². The minimum Gasteiger partial charge on any atom is -0.507 e. The number of benzene rings is 1. The number of aryl methyl sites for hydroxylation is 2. The Morgan fingerprint density at radius 3 is 2.27 bits per heavy atom. The number of hydrogen-bond donors (Lipinski definition) is 2. The molecule has 0 saturated heterocycles. The summed E-state index contributed by atoms with van der Waals surface area (Å²) in [6, 6.07) is 0.707. The zero-order valence-electron chi connectivity index (χ0n) is 8.39. The molecule has 0 radical (unpaired) electrons. The summed E-state index contributed by atoms with van der Waals surface area (Å²) < 4.78 is 37.0. The molecule has 1 atom stereocenters. The molecule has 0 heterocycles. The van der Waals surface area contributed by atoms with Gasteiger partial charge < -0.3 is 10.8 Å². The highest BCUT2D eigenvalue weighted by atomic mass is 19.4. The van der Waals surface area contributed by atoms with Crippen molar-refractivity contribution in [3.05, 3.63) is 28.8 Å². The van der Waals surface area contributed by atoms with E-state index < -0.39 is 12.2 Å². The molecule has 0 aliphatic rings. The fourth-order valence-corrected chi connectivity index (χ4v) is 1.41. The van der Waals surface area contributed by atoms with Crippen molar-refractivity contribution in [2.75, 3.05) is 0 Å². The molecular formula is C10H12F3NO. The van der Waals surface area contributed by atoms with Gasteiger partial charge in [0.15, 0.2) is 0 Å². The minimum atomic E-state index is -4.54. The standard InChI is InChI=1S/C10H12F3NO/c1-5-3-6(2)8(15)7(4-5)9(14)10(11,12)13/h3-4,9,15H,14H2,1-2H3/t9-/m0/s1. The number of alkyl halides is 3. The first-order valence-corrected chi connectivity index (χ1v) is 4.36. The number of phenols is 1. The van der Waals surface area contributed by atoms with E-state index in [1.54, 1.807) is 13.0 Å². The molecule has 0 saturated carbocycles. The van der Waals surface area contributed by atoms with Crippen molar-refractivity contribution in [2.24, 2.45) is 5.73 Å². The molecule has 0 bridgehead atoms. The van der Waals surface area contributed by atoms with Crippen molar-refractivity contribution >= 4 is 0 Å².